The van der Waals surface area contributed by atoms with Crippen molar-refractivity contribution in [3.8, 4) is 5.75 Å². The number of hydrogen-bond donors (Lipinski definition) is 0. The molecule has 0 amide bonds. The monoisotopic (exact) mass is 309 g/mol. The maximum absolute atomic E-state index is 10.9. The van der Waals surface area contributed by atoms with Crippen molar-refractivity contribution in [1.29, 1.82) is 0 Å². The van der Waals surface area contributed by atoms with Gasteiger partial charge >= 0.3 is 0 Å². The number of non-ortho nitro benzene ring substituents is 1. The molecule has 2 aromatic rings. The highest BCUT2D eigenvalue weighted by atomic mass is 79.9. The van der Waals surface area contributed by atoms with E-state index in [0.29, 0.717) is 17.7 Å². The van der Waals surface area contributed by atoms with Crippen molar-refractivity contribution in [2.45, 2.75) is 6.42 Å². The standard InChI is InChI=1S/C13H12BrNO3/c14-8-3-9-18-13-7-6-12(15(16)17)10-4-1-2-5-11(10)13/h1-2,4-7H,3,8-9H2. The number of fused-ring (bicyclic) bond motifs is 1. The van der Waals surface area contributed by atoms with E-state index in [9.17, 15) is 10.1 Å². The number of rotatable bonds is 5. The molecule has 0 aromatic heterocycles. The molecular weight excluding hydrogens is 298 g/mol. The molecule has 0 radical (unpaired) electrons. The molecule has 0 aliphatic carbocycles. The van der Waals surface area contributed by atoms with Gasteiger partial charge in [-0.25, -0.2) is 0 Å². The summed E-state index contributed by atoms with van der Waals surface area (Å²) >= 11 is 3.33. The van der Waals surface area contributed by atoms with Crippen LogP contribution in [0.1, 0.15) is 6.42 Å². The van der Waals surface area contributed by atoms with Crippen molar-refractivity contribution in [1.82, 2.24) is 0 Å². The molecule has 0 aliphatic heterocycles. The number of hydrogen-bond acceptors (Lipinski definition) is 3. The van der Waals surface area contributed by atoms with E-state index < -0.39 is 0 Å². The molecule has 0 spiro atoms. The Morgan fingerprint density at radius 3 is 2.56 bits per heavy atom. The number of halogens is 1. The highest BCUT2D eigenvalue weighted by molar-refractivity contribution is 9.09. The molecule has 2 aromatic carbocycles. The first kappa shape index (κ1) is 12.8. The Morgan fingerprint density at radius 1 is 1.17 bits per heavy atom. The van der Waals surface area contributed by atoms with Gasteiger partial charge in [0, 0.05) is 16.8 Å². The van der Waals surface area contributed by atoms with E-state index in [1.807, 2.05) is 12.1 Å². The van der Waals surface area contributed by atoms with Gasteiger partial charge in [0.25, 0.3) is 5.69 Å². The minimum Gasteiger partial charge on any atom is -0.493 e. The number of nitrogens with zero attached hydrogens (tertiary/aromatic N) is 1. The van der Waals surface area contributed by atoms with E-state index in [4.69, 9.17) is 4.74 Å². The Labute approximate surface area is 113 Å². The third-order valence-corrected chi connectivity index (χ3v) is 3.15. The van der Waals surface area contributed by atoms with E-state index >= 15 is 0 Å². The van der Waals surface area contributed by atoms with E-state index in [1.54, 1.807) is 18.2 Å². The number of nitro groups is 1. The van der Waals surface area contributed by atoms with Gasteiger partial charge in [-0.2, -0.15) is 0 Å². The Kier molecular flexibility index (Phi) is 4.15. The average molecular weight is 310 g/mol. The topological polar surface area (TPSA) is 52.4 Å². The maximum atomic E-state index is 10.9. The first-order chi connectivity index (χ1) is 8.74. The van der Waals surface area contributed by atoms with Crippen molar-refractivity contribution in [2.75, 3.05) is 11.9 Å². The SMILES string of the molecule is O=[N+]([O-])c1ccc(OCCCBr)c2ccccc12. The number of nitro benzene ring substituents is 1. The van der Waals surface area contributed by atoms with Crippen LogP contribution >= 0.6 is 15.9 Å². The lowest BCUT2D eigenvalue weighted by atomic mass is 10.1. The molecule has 94 valence electrons. The summed E-state index contributed by atoms with van der Waals surface area (Å²) in [5.74, 6) is 0.692. The predicted octanol–water partition coefficient (Wildman–Crippen LogP) is 3.91. The lowest BCUT2D eigenvalue weighted by Gasteiger charge is -2.08. The van der Waals surface area contributed by atoms with Gasteiger partial charge in [0.05, 0.1) is 16.9 Å². The highest BCUT2D eigenvalue weighted by Gasteiger charge is 2.14. The minimum atomic E-state index is -0.370. The van der Waals surface area contributed by atoms with Crippen LogP contribution in [-0.4, -0.2) is 16.9 Å². The Hall–Kier alpha value is -1.62. The number of benzene rings is 2. The zero-order valence-corrected chi connectivity index (χ0v) is 11.2. The van der Waals surface area contributed by atoms with E-state index in [-0.39, 0.29) is 10.6 Å². The van der Waals surface area contributed by atoms with Crippen molar-refractivity contribution in [2.24, 2.45) is 0 Å². The van der Waals surface area contributed by atoms with E-state index in [1.165, 1.54) is 6.07 Å². The van der Waals surface area contributed by atoms with Crippen LogP contribution in [0.25, 0.3) is 10.8 Å². The van der Waals surface area contributed by atoms with Gasteiger partial charge < -0.3 is 4.74 Å². The minimum absolute atomic E-state index is 0.110. The fraction of sp³-hybridized carbons (Fsp3) is 0.231. The zero-order chi connectivity index (χ0) is 13.0. The third kappa shape index (κ3) is 2.61. The normalized spacial score (nSPS) is 10.5. The van der Waals surface area contributed by atoms with Gasteiger partial charge in [-0.15, -0.1) is 0 Å². The van der Waals surface area contributed by atoms with Crippen LogP contribution in [-0.2, 0) is 0 Å². The summed E-state index contributed by atoms with van der Waals surface area (Å²) in [6, 6.07) is 10.4. The molecule has 0 N–H and O–H groups in total. The van der Waals surface area contributed by atoms with Gasteiger partial charge in [-0.05, 0) is 18.6 Å². The lowest BCUT2D eigenvalue weighted by molar-refractivity contribution is -0.383. The largest absolute Gasteiger partial charge is 0.493 e. The first-order valence-electron chi connectivity index (χ1n) is 5.59. The molecule has 0 saturated heterocycles. The summed E-state index contributed by atoms with van der Waals surface area (Å²) in [4.78, 5) is 10.6. The average Bonchev–Trinajstić information content (AvgIpc) is 2.38. The molecule has 4 nitrogen and oxygen atoms in total. The second-order valence-electron chi connectivity index (χ2n) is 3.78. The Bertz CT molecular complexity index is 571. The van der Waals surface area contributed by atoms with Crippen molar-refractivity contribution in [3.63, 3.8) is 0 Å². The molecule has 0 aliphatic rings. The fourth-order valence-corrected chi connectivity index (χ4v) is 2.01. The predicted molar refractivity (Wildman–Crippen MR) is 74.5 cm³/mol. The summed E-state index contributed by atoms with van der Waals surface area (Å²) in [7, 11) is 0. The van der Waals surface area contributed by atoms with Gasteiger partial charge in [-0.3, -0.25) is 10.1 Å². The van der Waals surface area contributed by atoms with Gasteiger partial charge in [-0.1, -0.05) is 34.1 Å². The van der Waals surface area contributed by atoms with E-state index in [2.05, 4.69) is 15.9 Å². The number of ether oxygens (including phenoxy) is 1. The molecule has 0 saturated carbocycles. The summed E-state index contributed by atoms with van der Waals surface area (Å²) in [6.07, 6.45) is 0.894. The Balaban J connectivity index is 2.44. The second-order valence-corrected chi connectivity index (χ2v) is 4.57. The molecule has 2 rings (SSSR count). The molecule has 18 heavy (non-hydrogen) atoms. The van der Waals surface area contributed by atoms with Crippen LogP contribution in [0.4, 0.5) is 5.69 Å². The third-order valence-electron chi connectivity index (χ3n) is 2.59. The first-order valence-corrected chi connectivity index (χ1v) is 6.71. The summed E-state index contributed by atoms with van der Waals surface area (Å²) in [5.41, 5.74) is 0.110. The van der Waals surface area contributed by atoms with Crippen LogP contribution < -0.4 is 4.74 Å². The summed E-state index contributed by atoms with van der Waals surface area (Å²) < 4.78 is 5.64. The fourth-order valence-electron chi connectivity index (χ4n) is 1.78. The maximum Gasteiger partial charge on any atom is 0.277 e. The Morgan fingerprint density at radius 2 is 1.89 bits per heavy atom. The number of alkyl halides is 1. The molecule has 0 bridgehead atoms. The van der Waals surface area contributed by atoms with E-state index in [0.717, 1.165) is 17.1 Å². The lowest BCUT2D eigenvalue weighted by Crippen LogP contribution is -1.99. The van der Waals surface area contributed by atoms with Gasteiger partial charge in [0.1, 0.15) is 5.75 Å². The highest BCUT2D eigenvalue weighted by Crippen LogP contribution is 2.32. The molecule has 0 atom stereocenters. The molecule has 0 unspecified atom stereocenters. The van der Waals surface area contributed by atoms with Crippen molar-refractivity contribution < 1.29 is 9.66 Å². The van der Waals surface area contributed by atoms with Crippen LogP contribution in [0.3, 0.4) is 0 Å². The van der Waals surface area contributed by atoms with Crippen molar-refractivity contribution >= 4 is 32.4 Å². The molecule has 0 fully saturated rings. The second kappa shape index (κ2) is 5.82. The summed E-state index contributed by atoms with van der Waals surface area (Å²) in [5, 5.41) is 13.2. The summed E-state index contributed by atoms with van der Waals surface area (Å²) in [6.45, 7) is 0.590. The van der Waals surface area contributed by atoms with Crippen LogP contribution in [0.2, 0.25) is 0 Å². The van der Waals surface area contributed by atoms with Crippen LogP contribution in [0.15, 0.2) is 36.4 Å². The van der Waals surface area contributed by atoms with Crippen LogP contribution in [0, 0.1) is 10.1 Å². The van der Waals surface area contributed by atoms with Crippen molar-refractivity contribution in [3.05, 3.63) is 46.5 Å². The smallest absolute Gasteiger partial charge is 0.277 e. The molecule has 0 heterocycles. The molecule has 5 heteroatoms. The van der Waals surface area contributed by atoms with Gasteiger partial charge in [0.15, 0.2) is 0 Å². The van der Waals surface area contributed by atoms with Gasteiger partial charge in [0.2, 0.25) is 0 Å². The van der Waals surface area contributed by atoms with Crippen LogP contribution in [0.5, 0.6) is 5.75 Å². The zero-order valence-electron chi connectivity index (χ0n) is 9.64. The quantitative estimate of drug-likeness (QED) is 0.364. The molecular formula is C13H12BrNO3.